The molecule has 1 N–H and O–H groups in total. The maximum Gasteiger partial charge on any atom is 0.260 e. The van der Waals surface area contributed by atoms with Crippen LogP contribution >= 0.6 is 11.3 Å². The van der Waals surface area contributed by atoms with Gasteiger partial charge in [-0.25, -0.2) is 0 Å². The molecular formula is C18H18N2O3S. The van der Waals surface area contributed by atoms with Crippen molar-refractivity contribution in [3.05, 3.63) is 39.8 Å². The van der Waals surface area contributed by atoms with Crippen LogP contribution in [0.4, 0.5) is 5.00 Å². The summed E-state index contributed by atoms with van der Waals surface area (Å²) >= 11 is 1.51. The molecule has 0 aliphatic heterocycles. The van der Waals surface area contributed by atoms with Crippen LogP contribution in [0.15, 0.2) is 18.2 Å². The van der Waals surface area contributed by atoms with Gasteiger partial charge in [-0.2, -0.15) is 5.26 Å². The number of hydrogen-bond donors (Lipinski definition) is 1. The topological polar surface area (TPSA) is 71.3 Å². The summed E-state index contributed by atoms with van der Waals surface area (Å²) in [4.78, 5) is 13.9. The van der Waals surface area contributed by atoms with Crippen LogP contribution in [-0.4, -0.2) is 20.1 Å². The van der Waals surface area contributed by atoms with Crippen LogP contribution in [-0.2, 0) is 12.8 Å². The minimum absolute atomic E-state index is 0.287. The van der Waals surface area contributed by atoms with E-state index in [4.69, 9.17) is 9.47 Å². The Morgan fingerprint density at radius 3 is 2.75 bits per heavy atom. The number of amides is 1. The Labute approximate surface area is 144 Å². The molecule has 0 saturated carbocycles. The normalized spacial score (nSPS) is 12.9. The molecule has 5 nitrogen and oxygen atoms in total. The first-order valence-corrected chi connectivity index (χ1v) is 8.57. The molecule has 0 atom stereocenters. The summed E-state index contributed by atoms with van der Waals surface area (Å²) in [5.41, 5.74) is 2.12. The number of fused-ring (bicyclic) bond motifs is 1. The van der Waals surface area contributed by atoms with Crippen molar-refractivity contribution in [3.63, 3.8) is 0 Å². The molecule has 0 radical (unpaired) electrons. The van der Waals surface area contributed by atoms with Crippen LogP contribution in [0.5, 0.6) is 11.5 Å². The monoisotopic (exact) mass is 342 g/mol. The number of hydrogen-bond acceptors (Lipinski definition) is 5. The first-order valence-electron chi connectivity index (χ1n) is 7.76. The minimum atomic E-state index is -0.287. The Morgan fingerprint density at radius 1 is 1.25 bits per heavy atom. The third-order valence-corrected chi connectivity index (χ3v) is 5.37. The summed E-state index contributed by atoms with van der Waals surface area (Å²) in [5, 5.41) is 13.0. The molecule has 6 heteroatoms. The van der Waals surface area contributed by atoms with Crippen molar-refractivity contribution in [2.24, 2.45) is 0 Å². The molecule has 1 aromatic heterocycles. The first kappa shape index (κ1) is 16.3. The van der Waals surface area contributed by atoms with E-state index in [1.165, 1.54) is 23.3 Å². The lowest BCUT2D eigenvalue weighted by Crippen LogP contribution is -2.13. The predicted molar refractivity (Wildman–Crippen MR) is 93.2 cm³/mol. The van der Waals surface area contributed by atoms with Crippen LogP contribution in [0.2, 0.25) is 0 Å². The molecule has 1 aromatic carbocycles. The number of thiophene rings is 1. The number of nitrogens with one attached hydrogen (secondary N) is 1. The second-order valence-electron chi connectivity index (χ2n) is 5.55. The smallest absolute Gasteiger partial charge is 0.260 e. The third-order valence-electron chi connectivity index (χ3n) is 4.16. The Hall–Kier alpha value is -2.52. The second-order valence-corrected chi connectivity index (χ2v) is 6.65. The molecule has 0 bridgehead atoms. The molecule has 1 aliphatic rings. The standard InChI is InChI=1S/C18H18N2O3S/c1-22-11-7-8-13(15(9-11)23-2)17(21)20-18-14(10-19)12-5-3-4-6-16(12)24-18/h7-9H,3-6H2,1-2H3,(H,20,21). The van der Waals surface area contributed by atoms with Crippen LogP contribution in [0.3, 0.4) is 0 Å². The molecule has 1 amide bonds. The van der Waals surface area contributed by atoms with Crippen LogP contribution in [0.1, 0.15) is 39.2 Å². The number of carbonyl (C=O) groups excluding carboxylic acids is 1. The lowest BCUT2D eigenvalue weighted by molar-refractivity contribution is 0.102. The van der Waals surface area contributed by atoms with E-state index >= 15 is 0 Å². The minimum Gasteiger partial charge on any atom is -0.497 e. The number of rotatable bonds is 4. The van der Waals surface area contributed by atoms with E-state index in [0.717, 1.165) is 31.2 Å². The number of ether oxygens (including phenoxy) is 2. The highest BCUT2D eigenvalue weighted by molar-refractivity contribution is 7.16. The Morgan fingerprint density at radius 2 is 2.04 bits per heavy atom. The molecule has 24 heavy (non-hydrogen) atoms. The van der Waals surface area contributed by atoms with Gasteiger partial charge in [0.25, 0.3) is 5.91 Å². The average Bonchev–Trinajstić information content (AvgIpc) is 2.97. The van der Waals surface area contributed by atoms with Crippen LogP contribution in [0.25, 0.3) is 0 Å². The van der Waals surface area contributed by atoms with E-state index in [9.17, 15) is 10.1 Å². The quantitative estimate of drug-likeness (QED) is 0.918. The predicted octanol–water partition coefficient (Wildman–Crippen LogP) is 3.77. The van der Waals surface area contributed by atoms with E-state index in [1.54, 1.807) is 25.3 Å². The van der Waals surface area contributed by atoms with Gasteiger partial charge in [-0.1, -0.05) is 0 Å². The lowest BCUT2D eigenvalue weighted by atomic mass is 9.96. The Bertz CT molecular complexity index is 820. The summed E-state index contributed by atoms with van der Waals surface area (Å²) < 4.78 is 10.4. The Kier molecular flexibility index (Phi) is 4.72. The van der Waals surface area contributed by atoms with E-state index in [1.807, 2.05) is 0 Å². The number of carbonyl (C=O) groups is 1. The van der Waals surface area contributed by atoms with Gasteiger partial charge in [0, 0.05) is 10.9 Å². The second kappa shape index (κ2) is 6.93. The van der Waals surface area contributed by atoms with E-state index < -0.39 is 0 Å². The van der Waals surface area contributed by atoms with Crippen molar-refractivity contribution in [1.82, 2.24) is 0 Å². The highest BCUT2D eigenvalue weighted by Gasteiger charge is 2.23. The number of benzene rings is 1. The molecule has 0 unspecified atom stereocenters. The molecule has 0 spiro atoms. The van der Waals surface area contributed by atoms with Crippen LogP contribution < -0.4 is 14.8 Å². The largest absolute Gasteiger partial charge is 0.497 e. The fourth-order valence-electron chi connectivity index (χ4n) is 2.93. The van der Waals surface area contributed by atoms with E-state index in [-0.39, 0.29) is 5.91 Å². The molecule has 1 aliphatic carbocycles. The fourth-order valence-corrected chi connectivity index (χ4v) is 4.16. The molecule has 0 fully saturated rings. The number of anilines is 1. The lowest BCUT2D eigenvalue weighted by Gasteiger charge is -2.10. The van der Waals surface area contributed by atoms with Gasteiger partial charge in [-0.05, 0) is 43.4 Å². The molecule has 2 aromatic rings. The molecule has 124 valence electrons. The Balaban J connectivity index is 1.91. The summed E-state index contributed by atoms with van der Waals surface area (Å²) in [6.07, 6.45) is 4.13. The van der Waals surface area contributed by atoms with Crippen molar-refractivity contribution in [2.45, 2.75) is 25.7 Å². The van der Waals surface area contributed by atoms with Gasteiger partial charge >= 0.3 is 0 Å². The first-order chi connectivity index (χ1) is 11.7. The highest BCUT2D eigenvalue weighted by atomic mass is 32.1. The number of aryl methyl sites for hydroxylation is 1. The molecule has 3 rings (SSSR count). The molecular weight excluding hydrogens is 324 g/mol. The highest BCUT2D eigenvalue weighted by Crippen LogP contribution is 2.38. The zero-order valence-corrected chi connectivity index (χ0v) is 14.5. The van der Waals surface area contributed by atoms with Gasteiger partial charge in [0.2, 0.25) is 0 Å². The van der Waals surface area contributed by atoms with Crippen molar-refractivity contribution in [2.75, 3.05) is 19.5 Å². The number of nitriles is 1. The summed E-state index contributed by atoms with van der Waals surface area (Å²) in [6, 6.07) is 7.29. The van der Waals surface area contributed by atoms with Gasteiger partial charge in [0.15, 0.2) is 0 Å². The maximum absolute atomic E-state index is 12.6. The van der Waals surface area contributed by atoms with Crippen molar-refractivity contribution in [3.8, 4) is 17.6 Å². The zero-order valence-electron chi connectivity index (χ0n) is 13.6. The average molecular weight is 342 g/mol. The summed E-state index contributed by atoms with van der Waals surface area (Å²) in [7, 11) is 3.07. The number of methoxy groups -OCH3 is 2. The SMILES string of the molecule is COc1ccc(C(=O)Nc2sc3c(c2C#N)CCCC3)c(OC)c1. The number of nitrogens with zero attached hydrogens (tertiary/aromatic N) is 1. The van der Waals surface area contributed by atoms with Gasteiger partial charge < -0.3 is 14.8 Å². The van der Waals surface area contributed by atoms with Crippen LogP contribution in [0, 0.1) is 11.3 Å². The van der Waals surface area contributed by atoms with Gasteiger partial charge in [0.1, 0.15) is 22.6 Å². The van der Waals surface area contributed by atoms with Crippen molar-refractivity contribution < 1.29 is 14.3 Å². The summed E-state index contributed by atoms with van der Waals surface area (Å²) in [5.74, 6) is 0.768. The molecule has 0 saturated heterocycles. The van der Waals surface area contributed by atoms with Crippen molar-refractivity contribution >= 4 is 22.2 Å². The maximum atomic E-state index is 12.6. The fraction of sp³-hybridized carbons (Fsp3) is 0.333. The van der Waals surface area contributed by atoms with Gasteiger partial charge in [-0.15, -0.1) is 11.3 Å². The van der Waals surface area contributed by atoms with Gasteiger partial charge in [0.05, 0.1) is 25.3 Å². The third kappa shape index (κ3) is 2.95. The van der Waals surface area contributed by atoms with Crippen molar-refractivity contribution in [1.29, 1.82) is 5.26 Å². The molecule has 1 heterocycles. The van der Waals surface area contributed by atoms with E-state index in [2.05, 4.69) is 11.4 Å². The summed E-state index contributed by atoms with van der Waals surface area (Å²) in [6.45, 7) is 0. The van der Waals surface area contributed by atoms with Gasteiger partial charge in [-0.3, -0.25) is 4.79 Å². The zero-order chi connectivity index (χ0) is 17.1. The van der Waals surface area contributed by atoms with E-state index in [0.29, 0.717) is 27.6 Å².